The number of fused-ring (bicyclic) bond motifs is 2. The van der Waals surface area contributed by atoms with Gasteiger partial charge in [0.05, 0.1) is 6.10 Å². The van der Waals surface area contributed by atoms with E-state index in [0.29, 0.717) is 12.1 Å². The molecule has 0 aromatic carbocycles. The highest BCUT2D eigenvalue weighted by Crippen LogP contribution is 2.50. The van der Waals surface area contributed by atoms with Gasteiger partial charge in [-0.3, -0.25) is 0 Å². The van der Waals surface area contributed by atoms with Gasteiger partial charge < -0.3 is 10.5 Å². The molecule has 5 atom stereocenters. The van der Waals surface area contributed by atoms with Crippen LogP contribution in [-0.4, -0.2) is 19.3 Å². The van der Waals surface area contributed by atoms with Gasteiger partial charge >= 0.3 is 0 Å². The minimum Gasteiger partial charge on any atom is -0.380 e. The summed E-state index contributed by atoms with van der Waals surface area (Å²) in [6.07, 6.45) is 12.9. The van der Waals surface area contributed by atoms with Crippen molar-refractivity contribution in [3.63, 3.8) is 0 Å². The summed E-state index contributed by atoms with van der Waals surface area (Å²) in [4.78, 5) is 0. The van der Waals surface area contributed by atoms with E-state index < -0.39 is 0 Å². The van der Waals surface area contributed by atoms with E-state index in [-0.39, 0.29) is 0 Å². The lowest BCUT2D eigenvalue weighted by molar-refractivity contribution is -0.00395. The summed E-state index contributed by atoms with van der Waals surface area (Å²) < 4.78 is 5.85. The summed E-state index contributed by atoms with van der Waals surface area (Å²) in [7, 11) is 1.88. The molecule has 0 saturated heterocycles. The first-order chi connectivity index (χ1) is 8.79. The molecule has 0 spiro atoms. The molecule has 3 saturated carbocycles. The minimum absolute atomic E-state index is 0.299. The summed E-state index contributed by atoms with van der Waals surface area (Å²) in [6.45, 7) is 0. The van der Waals surface area contributed by atoms with Crippen molar-refractivity contribution in [1.29, 1.82) is 0 Å². The quantitative estimate of drug-likeness (QED) is 0.831. The molecule has 3 fully saturated rings. The lowest BCUT2D eigenvalue weighted by Crippen LogP contribution is -2.48. The lowest BCUT2D eigenvalue weighted by atomic mass is 9.75. The monoisotopic (exact) mass is 251 g/mol. The molecule has 2 bridgehead atoms. The number of ether oxygens (including phenoxy) is 1. The Hall–Kier alpha value is -0.0800. The van der Waals surface area contributed by atoms with Gasteiger partial charge in [-0.15, -0.1) is 0 Å². The Morgan fingerprint density at radius 3 is 2.33 bits per heavy atom. The molecule has 0 amide bonds. The summed E-state index contributed by atoms with van der Waals surface area (Å²) in [5, 5.41) is 0. The molecule has 0 heterocycles. The molecule has 3 rings (SSSR count). The maximum absolute atomic E-state index is 6.63. The number of hydrogen-bond donors (Lipinski definition) is 1. The molecule has 5 unspecified atom stereocenters. The van der Waals surface area contributed by atoms with Crippen molar-refractivity contribution in [1.82, 2.24) is 0 Å². The first-order valence-corrected chi connectivity index (χ1v) is 8.08. The Morgan fingerprint density at radius 2 is 1.78 bits per heavy atom. The highest BCUT2D eigenvalue weighted by atomic mass is 16.5. The Labute approximate surface area is 112 Å². The van der Waals surface area contributed by atoms with E-state index >= 15 is 0 Å². The molecule has 2 heteroatoms. The fraction of sp³-hybridized carbons (Fsp3) is 1.00. The SMILES string of the molecule is COC(C1CCCCC1)C(N)C1CC2CCC1C2. The molecule has 2 nitrogen and oxygen atoms in total. The van der Waals surface area contributed by atoms with E-state index in [1.807, 2.05) is 7.11 Å². The molecular formula is C16H29NO. The van der Waals surface area contributed by atoms with Crippen LogP contribution in [0.15, 0.2) is 0 Å². The molecule has 3 aliphatic carbocycles. The average molecular weight is 251 g/mol. The van der Waals surface area contributed by atoms with Crippen LogP contribution in [0.1, 0.15) is 57.8 Å². The second kappa shape index (κ2) is 5.50. The topological polar surface area (TPSA) is 35.2 Å². The fourth-order valence-corrected chi connectivity index (χ4v) is 5.14. The van der Waals surface area contributed by atoms with E-state index in [2.05, 4.69) is 0 Å². The normalized spacial score (nSPS) is 40.0. The van der Waals surface area contributed by atoms with Gasteiger partial charge in [0.25, 0.3) is 0 Å². The third-order valence-electron chi connectivity index (χ3n) is 6.05. The van der Waals surface area contributed by atoms with Crippen LogP contribution in [0.4, 0.5) is 0 Å². The molecule has 0 aliphatic heterocycles. The molecule has 3 aliphatic rings. The van der Waals surface area contributed by atoms with E-state index in [0.717, 1.165) is 23.7 Å². The van der Waals surface area contributed by atoms with Crippen LogP contribution in [0, 0.1) is 23.7 Å². The van der Waals surface area contributed by atoms with Crippen molar-refractivity contribution < 1.29 is 4.74 Å². The number of rotatable bonds is 4. The number of nitrogens with two attached hydrogens (primary N) is 1. The Kier molecular flexibility index (Phi) is 3.95. The third kappa shape index (κ3) is 2.34. The second-order valence-electron chi connectivity index (χ2n) is 7.01. The molecule has 0 aromatic rings. The van der Waals surface area contributed by atoms with Gasteiger partial charge in [-0.1, -0.05) is 25.7 Å². The predicted molar refractivity (Wildman–Crippen MR) is 74.3 cm³/mol. The largest absolute Gasteiger partial charge is 0.380 e. The molecule has 0 aromatic heterocycles. The Balaban J connectivity index is 1.63. The van der Waals surface area contributed by atoms with Crippen molar-refractivity contribution >= 4 is 0 Å². The molecule has 104 valence electrons. The smallest absolute Gasteiger partial charge is 0.0753 e. The van der Waals surface area contributed by atoms with Crippen LogP contribution < -0.4 is 5.73 Å². The highest BCUT2D eigenvalue weighted by Gasteiger charge is 2.45. The van der Waals surface area contributed by atoms with E-state index in [4.69, 9.17) is 10.5 Å². The first-order valence-electron chi connectivity index (χ1n) is 8.08. The summed E-state index contributed by atoms with van der Waals surface area (Å²) in [5.41, 5.74) is 6.63. The molecular weight excluding hydrogens is 222 g/mol. The summed E-state index contributed by atoms with van der Waals surface area (Å²) >= 11 is 0. The summed E-state index contributed by atoms with van der Waals surface area (Å²) in [5.74, 6) is 3.41. The van der Waals surface area contributed by atoms with Crippen LogP contribution in [0.3, 0.4) is 0 Å². The van der Waals surface area contributed by atoms with Gasteiger partial charge in [0.1, 0.15) is 0 Å². The van der Waals surface area contributed by atoms with Crippen molar-refractivity contribution in [3.8, 4) is 0 Å². The Morgan fingerprint density at radius 1 is 1.00 bits per heavy atom. The van der Waals surface area contributed by atoms with Crippen LogP contribution >= 0.6 is 0 Å². The van der Waals surface area contributed by atoms with Crippen LogP contribution in [0.25, 0.3) is 0 Å². The van der Waals surface area contributed by atoms with Crippen LogP contribution in [0.5, 0.6) is 0 Å². The van der Waals surface area contributed by atoms with Crippen LogP contribution in [0.2, 0.25) is 0 Å². The summed E-state index contributed by atoms with van der Waals surface area (Å²) in [6, 6.07) is 0.299. The number of hydrogen-bond acceptors (Lipinski definition) is 2. The van der Waals surface area contributed by atoms with E-state index in [1.165, 1.54) is 57.8 Å². The Bertz CT molecular complexity index is 274. The molecule has 2 N–H and O–H groups in total. The van der Waals surface area contributed by atoms with Gasteiger partial charge in [0, 0.05) is 13.2 Å². The third-order valence-corrected chi connectivity index (χ3v) is 6.05. The number of methoxy groups -OCH3 is 1. The van der Waals surface area contributed by atoms with E-state index in [1.54, 1.807) is 0 Å². The van der Waals surface area contributed by atoms with Crippen molar-refractivity contribution in [2.45, 2.75) is 69.9 Å². The fourth-order valence-electron chi connectivity index (χ4n) is 5.14. The maximum atomic E-state index is 6.63. The van der Waals surface area contributed by atoms with Gasteiger partial charge in [-0.2, -0.15) is 0 Å². The minimum atomic E-state index is 0.299. The van der Waals surface area contributed by atoms with Crippen molar-refractivity contribution in [3.05, 3.63) is 0 Å². The van der Waals surface area contributed by atoms with Crippen LogP contribution in [-0.2, 0) is 4.74 Å². The van der Waals surface area contributed by atoms with E-state index in [9.17, 15) is 0 Å². The maximum Gasteiger partial charge on any atom is 0.0753 e. The van der Waals surface area contributed by atoms with Crippen molar-refractivity contribution in [2.75, 3.05) is 7.11 Å². The second-order valence-corrected chi connectivity index (χ2v) is 7.01. The van der Waals surface area contributed by atoms with Gasteiger partial charge in [0.2, 0.25) is 0 Å². The standard InChI is InChI=1S/C16H29NO/c1-18-16(12-5-3-2-4-6-12)15(17)14-10-11-7-8-13(14)9-11/h11-16H,2-10,17H2,1H3. The molecule has 18 heavy (non-hydrogen) atoms. The zero-order valence-electron chi connectivity index (χ0n) is 11.8. The molecule has 0 radical (unpaired) electrons. The zero-order valence-corrected chi connectivity index (χ0v) is 11.8. The highest BCUT2D eigenvalue weighted by molar-refractivity contribution is 4.98. The van der Waals surface area contributed by atoms with Gasteiger partial charge in [-0.25, -0.2) is 0 Å². The van der Waals surface area contributed by atoms with Crippen molar-refractivity contribution in [2.24, 2.45) is 29.4 Å². The zero-order chi connectivity index (χ0) is 12.5. The van der Waals surface area contributed by atoms with Gasteiger partial charge in [-0.05, 0) is 55.8 Å². The lowest BCUT2D eigenvalue weighted by Gasteiger charge is -2.38. The first kappa shape index (κ1) is 12.9. The predicted octanol–water partition coefficient (Wildman–Crippen LogP) is 3.35. The average Bonchev–Trinajstić information content (AvgIpc) is 3.03. The van der Waals surface area contributed by atoms with Gasteiger partial charge in [0.15, 0.2) is 0 Å².